The van der Waals surface area contributed by atoms with E-state index in [-0.39, 0.29) is 30.9 Å². The maximum Gasteiger partial charge on any atom is 0.251 e. The fourth-order valence-corrected chi connectivity index (χ4v) is 4.42. The van der Waals surface area contributed by atoms with Crippen molar-refractivity contribution in [2.45, 2.75) is 44.5 Å². The second kappa shape index (κ2) is 12.4. The molecule has 4 N–H and O–H groups in total. The number of methoxy groups -OCH3 is 1. The molecule has 2 aromatic carbocycles. The first-order chi connectivity index (χ1) is 16.2. The van der Waals surface area contributed by atoms with Gasteiger partial charge in [-0.2, -0.15) is 0 Å². The molecule has 1 aliphatic rings. The Balaban J connectivity index is 0.00000432. The summed E-state index contributed by atoms with van der Waals surface area (Å²) in [6.07, 6.45) is 0.00758. The molecule has 10 heteroatoms. The van der Waals surface area contributed by atoms with E-state index in [0.29, 0.717) is 12.0 Å². The SMILES string of the molecule is CN[C@@H](C)C(N)[C@H](C(=O)N1CCc2ccccc2[C@H]1C(=O)Nc1c(F)cccc1F)[C@@H](C)OC.Cl. The third-order valence-corrected chi connectivity index (χ3v) is 6.64. The van der Waals surface area contributed by atoms with Crippen LogP contribution in [0.2, 0.25) is 0 Å². The topological polar surface area (TPSA) is 96.7 Å². The third-order valence-electron chi connectivity index (χ3n) is 6.64. The molecule has 0 saturated carbocycles. The van der Waals surface area contributed by atoms with Gasteiger partial charge in [-0.05, 0) is 50.6 Å². The van der Waals surface area contributed by atoms with Crippen molar-refractivity contribution >= 4 is 29.9 Å². The van der Waals surface area contributed by atoms with Crippen LogP contribution in [0.1, 0.15) is 31.0 Å². The Kier molecular flexibility index (Phi) is 10.1. The number of fused-ring (bicyclic) bond motifs is 1. The largest absolute Gasteiger partial charge is 0.381 e. The average molecular weight is 511 g/mol. The summed E-state index contributed by atoms with van der Waals surface area (Å²) < 4.78 is 34.0. The quantitative estimate of drug-likeness (QED) is 0.507. The van der Waals surface area contributed by atoms with Crippen LogP contribution in [0.25, 0.3) is 0 Å². The summed E-state index contributed by atoms with van der Waals surface area (Å²) >= 11 is 0. The van der Waals surface area contributed by atoms with Gasteiger partial charge in [0.05, 0.1) is 12.0 Å². The molecule has 2 aromatic rings. The van der Waals surface area contributed by atoms with E-state index in [1.807, 2.05) is 19.1 Å². The first-order valence-electron chi connectivity index (χ1n) is 11.3. The molecule has 0 spiro atoms. The number of carbonyl (C=O) groups excluding carboxylic acids is 2. The predicted octanol–water partition coefficient (Wildman–Crippen LogP) is 3.04. The van der Waals surface area contributed by atoms with Crippen LogP contribution in [0.5, 0.6) is 0 Å². The summed E-state index contributed by atoms with van der Waals surface area (Å²) in [7, 11) is 3.25. The van der Waals surface area contributed by atoms with Crippen LogP contribution in [0.15, 0.2) is 42.5 Å². The number of anilines is 1. The number of halogens is 3. The molecular formula is C25H33ClF2N4O3. The molecule has 3 rings (SSSR count). The molecule has 1 unspecified atom stereocenters. The van der Waals surface area contributed by atoms with Crippen molar-refractivity contribution in [3.8, 4) is 0 Å². The van der Waals surface area contributed by atoms with Crippen LogP contribution in [0, 0.1) is 17.6 Å². The lowest BCUT2D eigenvalue weighted by Gasteiger charge is -2.41. The van der Waals surface area contributed by atoms with Crippen LogP contribution in [0.4, 0.5) is 14.5 Å². The number of nitrogens with one attached hydrogen (secondary N) is 2. The Morgan fingerprint density at radius 2 is 1.74 bits per heavy atom. The zero-order chi connectivity index (χ0) is 25.0. The molecule has 35 heavy (non-hydrogen) atoms. The molecule has 0 aromatic heterocycles. The summed E-state index contributed by atoms with van der Waals surface area (Å²) in [4.78, 5) is 28.8. The van der Waals surface area contributed by atoms with E-state index in [4.69, 9.17) is 10.5 Å². The molecule has 1 aliphatic heterocycles. The van der Waals surface area contributed by atoms with Gasteiger partial charge in [0.25, 0.3) is 5.91 Å². The maximum atomic E-state index is 14.3. The number of para-hydroxylation sites is 1. The fraction of sp³-hybridized carbons (Fsp3) is 0.440. The van der Waals surface area contributed by atoms with Gasteiger partial charge in [0, 0.05) is 25.7 Å². The lowest BCUT2D eigenvalue weighted by Crippen LogP contribution is -2.58. The van der Waals surface area contributed by atoms with E-state index in [9.17, 15) is 18.4 Å². The minimum absolute atomic E-state index is 0. The van der Waals surface area contributed by atoms with Crippen molar-refractivity contribution < 1.29 is 23.1 Å². The van der Waals surface area contributed by atoms with Crippen molar-refractivity contribution in [2.24, 2.45) is 11.7 Å². The van der Waals surface area contributed by atoms with E-state index in [1.165, 1.54) is 18.1 Å². The summed E-state index contributed by atoms with van der Waals surface area (Å²) in [5, 5.41) is 5.42. The van der Waals surface area contributed by atoms with Gasteiger partial charge in [-0.1, -0.05) is 30.3 Å². The van der Waals surface area contributed by atoms with Crippen LogP contribution in [0.3, 0.4) is 0 Å². The molecule has 0 radical (unpaired) electrons. The van der Waals surface area contributed by atoms with Crippen molar-refractivity contribution in [3.05, 3.63) is 65.2 Å². The molecule has 2 amide bonds. The number of ether oxygens (including phenoxy) is 1. The van der Waals surface area contributed by atoms with Crippen LogP contribution >= 0.6 is 12.4 Å². The summed E-state index contributed by atoms with van der Waals surface area (Å²) in [6.45, 7) is 3.87. The number of benzene rings is 2. The third kappa shape index (κ3) is 5.98. The van der Waals surface area contributed by atoms with Gasteiger partial charge in [0.1, 0.15) is 23.4 Å². The molecular weight excluding hydrogens is 478 g/mol. The minimum Gasteiger partial charge on any atom is -0.381 e. The molecule has 0 saturated heterocycles. The molecule has 7 nitrogen and oxygen atoms in total. The highest BCUT2D eigenvalue weighted by Crippen LogP contribution is 2.34. The van der Waals surface area contributed by atoms with Crippen LogP contribution in [-0.4, -0.2) is 55.6 Å². The molecule has 0 fully saturated rings. The summed E-state index contributed by atoms with van der Waals surface area (Å²) in [5.74, 6) is -3.61. The van der Waals surface area contributed by atoms with Gasteiger partial charge < -0.3 is 26.0 Å². The Morgan fingerprint density at radius 3 is 2.34 bits per heavy atom. The smallest absolute Gasteiger partial charge is 0.251 e. The second-order valence-corrected chi connectivity index (χ2v) is 8.59. The molecule has 192 valence electrons. The highest BCUT2D eigenvalue weighted by molar-refractivity contribution is 5.99. The zero-order valence-electron chi connectivity index (χ0n) is 20.3. The second-order valence-electron chi connectivity index (χ2n) is 8.59. The zero-order valence-corrected chi connectivity index (χ0v) is 21.1. The number of rotatable bonds is 8. The van der Waals surface area contributed by atoms with Gasteiger partial charge >= 0.3 is 0 Å². The fourth-order valence-electron chi connectivity index (χ4n) is 4.42. The lowest BCUT2D eigenvalue weighted by molar-refractivity contribution is -0.147. The Bertz CT molecular complexity index is 1020. The van der Waals surface area contributed by atoms with Gasteiger partial charge in [-0.3, -0.25) is 9.59 Å². The van der Waals surface area contributed by atoms with E-state index >= 15 is 0 Å². The number of nitrogens with zero attached hydrogens (tertiary/aromatic N) is 1. The van der Waals surface area contributed by atoms with Crippen molar-refractivity contribution in [2.75, 3.05) is 26.0 Å². The van der Waals surface area contributed by atoms with Gasteiger partial charge in [-0.25, -0.2) is 8.78 Å². The number of carbonyl (C=O) groups is 2. The van der Waals surface area contributed by atoms with E-state index < -0.39 is 47.3 Å². The average Bonchev–Trinajstić information content (AvgIpc) is 2.84. The van der Waals surface area contributed by atoms with Gasteiger partial charge in [0.2, 0.25) is 5.91 Å². The van der Waals surface area contributed by atoms with Gasteiger partial charge in [0.15, 0.2) is 0 Å². The van der Waals surface area contributed by atoms with Crippen molar-refractivity contribution in [1.82, 2.24) is 10.2 Å². The summed E-state index contributed by atoms with van der Waals surface area (Å²) in [6, 6.07) is 8.69. The monoisotopic (exact) mass is 510 g/mol. The predicted molar refractivity (Wildman–Crippen MR) is 133 cm³/mol. The number of hydrogen-bond acceptors (Lipinski definition) is 5. The Labute approximate surface area is 210 Å². The highest BCUT2D eigenvalue weighted by Gasteiger charge is 2.43. The number of nitrogens with two attached hydrogens (primary N) is 1. The number of amides is 2. The first kappa shape index (κ1) is 28.6. The lowest BCUT2D eigenvalue weighted by atomic mass is 9.85. The summed E-state index contributed by atoms with van der Waals surface area (Å²) in [5.41, 5.74) is 7.40. The van der Waals surface area contributed by atoms with Crippen molar-refractivity contribution in [1.29, 1.82) is 0 Å². The van der Waals surface area contributed by atoms with Gasteiger partial charge in [-0.15, -0.1) is 12.4 Å². The normalized spacial score (nSPS) is 18.5. The Morgan fingerprint density at radius 1 is 1.11 bits per heavy atom. The number of likely N-dealkylation sites (N-methyl/N-ethyl adjacent to an activating group) is 1. The first-order valence-corrected chi connectivity index (χ1v) is 11.3. The van der Waals surface area contributed by atoms with E-state index in [0.717, 1.165) is 17.7 Å². The highest BCUT2D eigenvalue weighted by atomic mass is 35.5. The molecule has 0 aliphatic carbocycles. The number of hydrogen-bond donors (Lipinski definition) is 3. The molecule has 5 atom stereocenters. The minimum atomic E-state index is -1.08. The molecule has 0 bridgehead atoms. The Hall–Kier alpha value is -2.59. The van der Waals surface area contributed by atoms with Crippen molar-refractivity contribution in [3.63, 3.8) is 0 Å². The van der Waals surface area contributed by atoms with E-state index in [2.05, 4.69) is 10.6 Å². The van der Waals surface area contributed by atoms with E-state index in [1.54, 1.807) is 26.1 Å². The standard InChI is InChI=1S/C25H32F2N4O3.ClH/c1-14(29-3)21(28)20(15(2)34-4)25(33)31-13-12-16-8-5-6-9-17(16)23(31)24(32)30-22-18(26)10-7-11-19(22)27;/h5-11,14-15,20-21,23,29H,12-13,28H2,1-4H3,(H,30,32);1H/t14-,15+,20+,21?,23-;/m0./s1. The van der Waals surface area contributed by atoms with Crippen LogP contribution in [-0.2, 0) is 20.7 Å². The van der Waals surface area contributed by atoms with Crippen LogP contribution < -0.4 is 16.4 Å². The molecule has 1 heterocycles. The maximum absolute atomic E-state index is 14.3.